The second-order valence-electron chi connectivity index (χ2n) is 4.59. The van der Waals surface area contributed by atoms with Crippen LogP contribution in [-0.4, -0.2) is 25.5 Å². The molecule has 100 valence electrons. The van der Waals surface area contributed by atoms with E-state index in [0.717, 1.165) is 23.1 Å². The van der Waals surface area contributed by atoms with E-state index in [9.17, 15) is 4.79 Å². The molecule has 19 heavy (non-hydrogen) atoms. The molecule has 0 saturated carbocycles. The molecule has 1 aromatic heterocycles. The molecule has 5 heteroatoms. The van der Waals surface area contributed by atoms with Crippen LogP contribution < -0.4 is 10.3 Å². The van der Waals surface area contributed by atoms with Crippen molar-refractivity contribution >= 4 is 10.9 Å². The number of aryl methyl sites for hydroxylation is 1. The maximum absolute atomic E-state index is 11.5. The molecule has 0 aliphatic carbocycles. The van der Waals surface area contributed by atoms with Crippen LogP contribution in [0.5, 0.6) is 5.75 Å². The van der Waals surface area contributed by atoms with Crippen LogP contribution in [0.3, 0.4) is 0 Å². The Morgan fingerprint density at radius 1 is 1.47 bits per heavy atom. The summed E-state index contributed by atoms with van der Waals surface area (Å²) in [5, 5.41) is 0.966. The maximum Gasteiger partial charge on any atom is 0.248 e. The van der Waals surface area contributed by atoms with Crippen molar-refractivity contribution in [2.75, 3.05) is 20.5 Å². The van der Waals surface area contributed by atoms with Crippen molar-refractivity contribution in [3.05, 3.63) is 39.7 Å². The molecule has 1 aliphatic rings. The number of nitrogens with one attached hydrogen (secondary N) is 1. The summed E-state index contributed by atoms with van der Waals surface area (Å²) in [6.45, 7) is 2.89. The first-order valence-electron chi connectivity index (χ1n) is 6.10. The molecule has 0 bridgehead atoms. The monoisotopic (exact) mass is 261 g/mol. The summed E-state index contributed by atoms with van der Waals surface area (Å²) in [5.41, 5.74) is 2.76. The van der Waals surface area contributed by atoms with Crippen LogP contribution in [0.1, 0.15) is 17.2 Å². The highest BCUT2D eigenvalue weighted by atomic mass is 16.7. The number of benzene rings is 1. The van der Waals surface area contributed by atoms with Crippen molar-refractivity contribution in [3.63, 3.8) is 0 Å². The van der Waals surface area contributed by atoms with Gasteiger partial charge in [-0.15, -0.1) is 0 Å². The van der Waals surface area contributed by atoms with E-state index in [1.807, 2.05) is 19.1 Å². The van der Waals surface area contributed by atoms with Crippen LogP contribution in [0.15, 0.2) is 23.0 Å². The number of hydrogen-bond acceptors (Lipinski definition) is 4. The molecule has 1 N–H and O–H groups in total. The third-order valence-corrected chi connectivity index (χ3v) is 3.22. The Morgan fingerprint density at radius 3 is 2.95 bits per heavy atom. The molecule has 3 rings (SSSR count). The number of H-pyrrole nitrogens is 1. The van der Waals surface area contributed by atoms with E-state index in [2.05, 4.69) is 4.98 Å². The lowest BCUT2D eigenvalue weighted by Crippen LogP contribution is -2.07. The molecule has 1 atom stereocenters. The van der Waals surface area contributed by atoms with E-state index in [0.29, 0.717) is 11.3 Å². The van der Waals surface area contributed by atoms with E-state index in [1.54, 1.807) is 7.11 Å². The minimum Gasteiger partial charge on any atom is -0.465 e. The number of ether oxygens (including phenoxy) is 3. The van der Waals surface area contributed by atoms with Gasteiger partial charge in [-0.1, -0.05) is 0 Å². The highest BCUT2D eigenvalue weighted by molar-refractivity contribution is 5.89. The molecule has 1 saturated heterocycles. The van der Waals surface area contributed by atoms with E-state index in [4.69, 9.17) is 14.2 Å². The third-order valence-electron chi connectivity index (χ3n) is 3.22. The van der Waals surface area contributed by atoms with E-state index in [-0.39, 0.29) is 18.5 Å². The van der Waals surface area contributed by atoms with Gasteiger partial charge in [-0.3, -0.25) is 4.79 Å². The number of fused-ring (bicyclic) bond motifs is 1. The van der Waals surface area contributed by atoms with Crippen molar-refractivity contribution in [2.45, 2.75) is 13.0 Å². The maximum atomic E-state index is 11.5. The van der Waals surface area contributed by atoms with Crippen molar-refractivity contribution in [1.82, 2.24) is 4.98 Å². The Morgan fingerprint density at radius 2 is 2.26 bits per heavy atom. The normalized spacial score (nSPS) is 17.7. The Labute approximate surface area is 110 Å². The third kappa shape index (κ3) is 2.22. The van der Waals surface area contributed by atoms with Crippen LogP contribution in [-0.2, 0) is 9.47 Å². The minimum absolute atomic E-state index is 0.130. The van der Waals surface area contributed by atoms with Gasteiger partial charge in [0.05, 0.1) is 12.1 Å². The van der Waals surface area contributed by atoms with Gasteiger partial charge in [0, 0.05) is 18.6 Å². The van der Waals surface area contributed by atoms with E-state index >= 15 is 0 Å². The first kappa shape index (κ1) is 12.2. The van der Waals surface area contributed by atoms with Gasteiger partial charge in [-0.05, 0) is 30.2 Å². The van der Waals surface area contributed by atoms with Crippen LogP contribution >= 0.6 is 0 Å². The zero-order valence-electron chi connectivity index (χ0n) is 10.9. The van der Waals surface area contributed by atoms with Gasteiger partial charge in [-0.2, -0.15) is 0 Å². The van der Waals surface area contributed by atoms with Gasteiger partial charge >= 0.3 is 0 Å². The molecule has 1 fully saturated rings. The van der Waals surface area contributed by atoms with Crippen molar-refractivity contribution in [1.29, 1.82) is 0 Å². The second-order valence-corrected chi connectivity index (χ2v) is 4.59. The summed E-state index contributed by atoms with van der Waals surface area (Å²) in [6.07, 6.45) is 0.130. The number of pyridine rings is 1. The SMILES string of the molecule is COCOc1cc(C)c(C2CO2)c2ccc(=O)[nH]c12. The molecule has 0 spiro atoms. The fourth-order valence-corrected chi connectivity index (χ4v) is 2.33. The second kappa shape index (κ2) is 4.68. The summed E-state index contributed by atoms with van der Waals surface area (Å²) in [4.78, 5) is 14.3. The largest absolute Gasteiger partial charge is 0.465 e. The fourth-order valence-electron chi connectivity index (χ4n) is 2.33. The van der Waals surface area contributed by atoms with Crippen LogP contribution in [0.2, 0.25) is 0 Å². The zero-order chi connectivity index (χ0) is 13.4. The molecule has 2 heterocycles. The molecule has 0 radical (unpaired) electrons. The van der Waals surface area contributed by atoms with Crippen molar-refractivity contribution in [3.8, 4) is 5.75 Å². The molecule has 1 aliphatic heterocycles. The first-order chi connectivity index (χ1) is 9.20. The van der Waals surface area contributed by atoms with Gasteiger partial charge < -0.3 is 19.2 Å². The minimum atomic E-state index is -0.152. The molecule has 1 aromatic carbocycles. The van der Waals surface area contributed by atoms with E-state index in [1.165, 1.54) is 6.07 Å². The molecular weight excluding hydrogens is 246 g/mol. The first-order valence-corrected chi connectivity index (χ1v) is 6.10. The molecule has 2 aromatic rings. The van der Waals surface area contributed by atoms with Gasteiger partial charge in [0.1, 0.15) is 11.9 Å². The quantitative estimate of drug-likeness (QED) is 0.674. The predicted molar refractivity (Wildman–Crippen MR) is 70.5 cm³/mol. The van der Waals surface area contributed by atoms with Crippen molar-refractivity contribution < 1.29 is 14.2 Å². The average Bonchev–Trinajstić information content (AvgIpc) is 3.20. The summed E-state index contributed by atoms with van der Waals surface area (Å²) in [7, 11) is 1.56. The lowest BCUT2D eigenvalue weighted by atomic mass is 9.99. The van der Waals surface area contributed by atoms with Gasteiger partial charge in [0.2, 0.25) is 5.56 Å². The van der Waals surface area contributed by atoms with Crippen LogP contribution in [0.4, 0.5) is 0 Å². The standard InChI is InChI=1S/C14H15NO4/c1-8-5-10(19-7-17-2)14-9(3-4-12(16)15-14)13(8)11-6-18-11/h3-5,11H,6-7H2,1-2H3,(H,15,16). The Hall–Kier alpha value is -1.85. The van der Waals surface area contributed by atoms with E-state index < -0.39 is 0 Å². The molecular formula is C14H15NO4. The predicted octanol–water partition coefficient (Wildman–Crippen LogP) is 1.89. The van der Waals surface area contributed by atoms with Gasteiger partial charge in [0.15, 0.2) is 6.79 Å². The van der Waals surface area contributed by atoms with Gasteiger partial charge in [-0.25, -0.2) is 0 Å². The number of rotatable bonds is 4. The summed E-state index contributed by atoms with van der Waals surface area (Å²) in [6, 6.07) is 5.25. The smallest absolute Gasteiger partial charge is 0.248 e. The zero-order valence-corrected chi connectivity index (χ0v) is 10.9. The number of aromatic amines is 1. The topological polar surface area (TPSA) is 63.9 Å². The summed E-state index contributed by atoms with van der Waals surface area (Å²) < 4.78 is 15.8. The molecule has 1 unspecified atom stereocenters. The lowest BCUT2D eigenvalue weighted by molar-refractivity contribution is 0.0520. The highest BCUT2D eigenvalue weighted by Crippen LogP contribution is 2.39. The van der Waals surface area contributed by atoms with Crippen molar-refractivity contribution in [2.24, 2.45) is 0 Å². The number of epoxide rings is 1. The lowest BCUT2D eigenvalue weighted by Gasteiger charge is -2.13. The summed E-state index contributed by atoms with van der Waals surface area (Å²) in [5.74, 6) is 0.622. The number of aromatic nitrogens is 1. The highest BCUT2D eigenvalue weighted by Gasteiger charge is 2.29. The van der Waals surface area contributed by atoms with Crippen LogP contribution in [0.25, 0.3) is 10.9 Å². The fraction of sp³-hybridized carbons (Fsp3) is 0.357. The summed E-state index contributed by atoms with van der Waals surface area (Å²) >= 11 is 0. The number of hydrogen-bond donors (Lipinski definition) is 1. The Kier molecular flexibility index (Phi) is 3.00. The molecule has 0 amide bonds. The van der Waals surface area contributed by atoms with Crippen LogP contribution in [0, 0.1) is 6.92 Å². The Balaban J connectivity index is 2.23. The Bertz CT molecular complexity index is 673. The van der Waals surface area contributed by atoms with Gasteiger partial charge in [0.25, 0.3) is 0 Å². The molecule has 5 nitrogen and oxygen atoms in total. The average molecular weight is 261 g/mol. The number of methoxy groups -OCH3 is 1.